The quantitative estimate of drug-likeness (QED) is 0.775. The van der Waals surface area contributed by atoms with Crippen LogP contribution in [0.4, 0.5) is 0 Å². The molecule has 0 bridgehead atoms. The first-order valence-corrected chi connectivity index (χ1v) is 8.89. The summed E-state index contributed by atoms with van der Waals surface area (Å²) >= 11 is 0. The molecule has 0 aromatic carbocycles. The van der Waals surface area contributed by atoms with Gasteiger partial charge in [0.15, 0.2) is 0 Å². The van der Waals surface area contributed by atoms with Crippen molar-refractivity contribution < 1.29 is 22.7 Å². The number of hydrogen-bond acceptors (Lipinski definition) is 5. The van der Waals surface area contributed by atoms with Crippen LogP contribution in [-0.2, 0) is 24.3 Å². The highest BCUT2D eigenvalue weighted by atomic mass is 32.2. The molecule has 0 radical (unpaired) electrons. The van der Waals surface area contributed by atoms with Crippen molar-refractivity contribution in [1.29, 1.82) is 0 Å². The number of carbonyl (C=O) groups excluding carboxylic acids is 1. The van der Waals surface area contributed by atoms with Crippen LogP contribution in [0.25, 0.3) is 0 Å². The van der Waals surface area contributed by atoms with E-state index in [0.717, 1.165) is 0 Å². The predicted molar refractivity (Wildman–Crippen MR) is 80.4 cm³/mol. The maximum Gasteiger partial charge on any atom is 0.324 e. The second-order valence-electron chi connectivity index (χ2n) is 6.73. The second-order valence-corrected chi connectivity index (χ2v) is 8.72. The van der Waals surface area contributed by atoms with Gasteiger partial charge in [-0.05, 0) is 39.5 Å². The summed E-state index contributed by atoms with van der Waals surface area (Å²) in [5.74, 6) is -0.720. The number of ether oxygens (including phenoxy) is 2. The zero-order valence-electron chi connectivity index (χ0n) is 13.5. The lowest BCUT2D eigenvalue weighted by Crippen LogP contribution is -2.50. The van der Waals surface area contributed by atoms with Crippen LogP contribution in [-0.4, -0.2) is 44.5 Å². The summed E-state index contributed by atoms with van der Waals surface area (Å²) in [6.45, 7) is 9.73. The van der Waals surface area contributed by atoms with Gasteiger partial charge in [0.2, 0.25) is 10.0 Å². The highest BCUT2D eigenvalue weighted by Crippen LogP contribution is 2.18. The molecule has 0 spiro atoms. The predicted octanol–water partition coefficient (Wildman–Crippen LogP) is 1.45. The SMILES string of the molecule is CC(C)[C@@H](NS(=O)(=O)C1CCOCC1)C(=O)OC(C)(C)C. The van der Waals surface area contributed by atoms with Gasteiger partial charge in [0.05, 0.1) is 5.25 Å². The molecular formula is C14H27NO5S. The molecule has 0 saturated carbocycles. The molecule has 1 saturated heterocycles. The molecule has 1 N–H and O–H groups in total. The number of esters is 1. The van der Waals surface area contributed by atoms with Crippen molar-refractivity contribution in [3.63, 3.8) is 0 Å². The van der Waals surface area contributed by atoms with Gasteiger partial charge < -0.3 is 9.47 Å². The van der Waals surface area contributed by atoms with Crippen LogP contribution >= 0.6 is 0 Å². The van der Waals surface area contributed by atoms with Crippen LogP contribution in [0.3, 0.4) is 0 Å². The minimum Gasteiger partial charge on any atom is -0.459 e. The zero-order valence-corrected chi connectivity index (χ0v) is 14.3. The van der Waals surface area contributed by atoms with E-state index in [1.807, 2.05) is 0 Å². The van der Waals surface area contributed by atoms with Gasteiger partial charge in [0.1, 0.15) is 11.6 Å². The van der Waals surface area contributed by atoms with E-state index in [1.54, 1.807) is 34.6 Å². The van der Waals surface area contributed by atoms with Crippen molar-refractivity contribution in [2.45, 2.75) is 64.4 Å². The Labute approximate surface area is 127 Å². The molecule has 1 rings (SSSR count). The lowest BCUT2D eigenvalue weighted by molar-refractivity contribution is -0.158. The van der Waals surface area contributed by atoms with Crippen LogP contribution < -0.4 is 4.72 Å². The highest BCUT2D eigenvalue weighted by Gasteiger charge is 2.35. The standard InChI is InChI=1S/C14H27NO5S/c1-10(2)12(13(16)20-14(3,4)5)15-21(17,18)11-6-8-19-9-7-11/h10-12,15H,6-9H2,1-5H3/t12-/m1/s1. The molecule has 21 heavy (non-hydrogen) atoms. The van der Waals surface area contributed by atoms with Crippen molar-refractivity contribution in [3.8, 4) is 0 Å². The second kappa shape index (κ2) is 7.07. The molecule has 7 heteroatoms. The molecule has 1 aliphatic heterocycles. The minimum atomic E-state index is -3.56. The maximum atomic E-state index is 12.4. The Bertz CT molecular complexity index is 446. The van der Waals surface area contributed by atoms with Crippen molar-refractivity contribution >= 4 is 16.0 Å². The van der Waals surface area contributed by atoms with Crippen LogP contribution in [0.2, 0.25) is 0 Å². The average molecular weight is 321 g/mol. The van der Waals surface area contributed by atoms with Gasteiger partial charge in [-0.15, -0.1) is 0 Å². The molecule has 1 fully saturated rings. The summed E-state index contributed by atoms with van der Waals surface area (Å²) in [6.07, 6.45) is 0.906. The van der Waals surface area contributed by atoms with E-state index in [2.05, 4.69) is 4.72 Å². The molecule has 6 nitrogen and oxygen atoms in total. The Morgan fingerprint density at radius 3 is 2.19 bits per heavy atom. The number of sulfonamides is 1. The Hall–Kier alpha value is -0.660. The first-order valence-electron chi connectivity index (χ1n) is 7.34. The lowest BCUT2D eigenvalue weighted by Gasteiger charge is -2.29. The molecule has 124 valence electrons. The van der Waals surface area contributed by atoms with E-state index in [1.165, 1.54) is 0 Å². The first kappa shape index (κ1) is 18.4. The normalized spacial score (nSPS) is 19.5. The molecule has 0 aromatic rings. The summed E-state index contributed by atoms with van der Waals surface area (Å²) < 4.78 is 37.8. The van der Waals surface area contributed by atoms with Crippen LogP contribution in [0.15, 0.2) is 0 Å². The van der Waals surface area contributed by atoms with E-state index in [0.29, 0.717) is 26.1 Å². The van der Waals surface area contributed by atoms with Crippen molar-refractivity contribution in [3.05, 3.63) is 0 Å². The zero-order chi connectivity index (χ0) is 16.3. The lowest BCUT2D eigenvalue weighted by atomic mass is 10.1. The van der Waals surface area contributed by atoms with E-state index in [-0.39, 0.29) is 5.92 Å². The number of rotatable bonds is 5. The average Bonchev–Trinajstić information content (AvgIpc) is 2.34. The summed E-state index contributed by atoms with van der Waals surface area (Å²) in [4.78, 5) is 12.2. The van der Waals surface area contributed by atoms with Gasteiger partial charge in [-0.3, -0.25) is 4.79 Å². The van der Waals surface area contributed by atoms with Gasteiger partial charge in [-0.25, -0.2) is 13.1 Å². The fourth-order valence-corrected chi connectivity index (χ4v) is 3.81. The Morgan fingerprint density at radius 2 is 1.76 bits per heavy atom. The molecule has 0 unspecified atom stereocenters. The monoisotopic (exact) mass is 321 g/mol. The molecule has 1 atom stereocenters. The molecule has 0 amide bonds. The van der Waals surface area contributed by atoms with Gasteiger partial charge in [0.25, 0.3) is 0 Å². The van der Waals surface area contributed by atoms with Gasteiger partial charge in [0, 0.05) is 13.2 Å². The summed E-state index contributed by atoms with van der Waals surface area (Å²) in [6, 6.07) is -0.864. The van der Waals surface area contributed by atoms with Crippen molar-refractivity contribution in [2.75, 3.05) is 13.2 Å². The molecule has 1 aliphatic rings. The Morgan fingerprint density at radius 1 is 1.24 bits per heavy atom. The van der Waals surface area contributed by atoms with Crippen LogP contribution in [0.5, 0.6) is 0 Å². The van der Waals surface area contributed by atoms with Crippen molar-refractivity contribution in [1.82, 2.24) is 4.72 Å². The third-order valence-electron chi connectivity index (χ3n) is 3.23. The fourth-order valence-electron chi connectivity index (χ4n) is 2.08. The summed E-state index contributed by atoms with van der Waals surface area (Å²) in [5.41, 5.74) is -0.645. The third kappa shape index (κ3) is 5.92. The fraction of sp³-hybridized carbons (Fsp3) is 0.929. The van der Waals surface area contributed by atoms with Crippen LogP contribution in [0.1, 0.15) is 47.5 Å². The number of hydrogen-bond donors (Lipinski definition) is 1. The third-order valence-corrected chi connectivity index (χ3v) is 5.16. The maximum absolute atomic E-state index is 12.4. The van der Waals surface area contributed by atoms with Gasteiger partial charge in [-0.1, -0.05) is 13.8 Å². The van der Waals surface area contributed by atoms with Crippen LogP contribution in [0, 0.1) is 5.92 Å². The topological polar surface area (TPSA) is 81.7 Å². The molecule has 1 heterocycles. The Kier molecular flexibility index (Phi) is 6.19. The number of nitrogens with one attached hydrogen (secondary N) is 1. The van der Waals surface area contributed by atoms with E-state index >= 15 is 0 Å². The summed E-state index contributed by atoms with van der Waals surface area (Å²) in [5, 5.41) is -0.505. The molecule has 0 aliphatic carbocycles. The minimum absolute atomic E-state index is 0.186. The van der Waals surface area contributed by atoms with Gasteiger partial charge in [-0.2, -0.15) is 0 Å². The highest BCUT2D eigenvalue weighted by molar-refractivity contribution is 7.90. The Balaban J connectivity index is 2.80. The smallest absolute Gasteiger partial charge is 0.324 e. The van der Waals surface area contributed by atoms with E-state index < -0.39 is 32.9 Å². The van der Waals surface area contributed by atoms with E-state index in [4.69, 9.17) is 9.47 Å². The number of carbonyl (C=O) groups is 1. The first-order chi connectivity index (χ1) is 9.53. The summed E-state index contributed by atoms with van der Waals surface area (Å²) in [7, 11) is -3.56. The molecular weight excluding hydrogens is 294 g/mol. The van der Waals surface area contributed by atoms with Crippen molar-refractivity contribution in [2.24, 2.45) is 5.92 Å². The largest absolute Gasteiger partial charge is 0.459 e. The van der Waals surface area contributed by atoms with E-state index in [9.17, 15) is 13.2 Å². The molecule has 0 aromatic heterocycles. The van der Waals surface area contributed by atoms with Gasteiger partial charge >= 0.3 is 5.97 Å².